The monoisotopic (exact) mass is 270 g/mol. The summed E-state index contributed by atoms with van der Waals surface area (Å²) in [6.45, 7) is 0.201. The summed E-state index contributed by atoms with van der Waals surface area (Å²) >= 11 is 2.26. The van der Waals surface area contributed by atoms with Gasteiger partial charge in [-0.1, -0.05) is 0 Å². The molecule has 1 rings (SSSR count). The predicted molar refractivity (Wildman–Crippen MR) is 50.7 cm³/mol. The lowest BCUT2D eigenvalue weighted by Crippen LogP contribution is -1.96. The van der Waals surface area contributed by atoms with Crippen LogP contribution in [-0.4, -0.2) is 21.3 Å². The molecule has 0 aliphatic heterocycles. The highest BCUT2D eigenvalue weighted by Crippen LogP contribution is 2.24. The average molecular weight is 270 g/mol. The minimum absolute atomic E-state index is 0.201. The molecule has 0 aliphatic rings. The van der Waals surface area contributed by atoms with Crippen molar-refractivity contribution < 1.29 is 5.11 Å². The Hall–Kier alpha value is 0.330. The maximum Gasteiger partial charge on any atom is 0.0680 e. The summed E-state index contributed by atoms with van der Waals surface area (Å²) < 4.78 is 1.90. The van der Waals surface area contributed by atoms with E-state index in [1.54, 1.807) is 6.20 Å². The highest BCUT2D eigenvalue weighted by atomic mass is 127. The highest BCUT2D eigenvalue weighted by Gasteiger charge is 1.98. The van der Waals surface area contributed by atoms with Gasteiger partial charge in [0.1, 0.15) is 0 Å². The van der Waals surface area contributed by atoms with Crippen molar-refractivity contribution in [3.63, 3.8) is 0 Å². The molecule has 0 amide bonds. The third kappa shape index (κ3) is 1.90. The van der Waals surface area contributed by atoms with Crippen molar-refractivity contribution in [2.45, 2.75) is 6.42 Å². The SMILES string of the molecule is OCCc1ccnn1PI. The summed E-state index contributed by atoms with van der Waals surface area (Å²) in [6.07, 6.45) is 3.09. The van der Waals surface area contributed by atoms with Crippen molar-refractivity contribution in [3.05, 3.63) is 18.0 Å². The fourth-order valence-electron chi connectivity index (χ4n) is 0.711. The topological polar surface area (TPSA) is 38.1 Å². The first kappa shape index (κ1) is 8.43. The Morgan fingerprint density at radius 1 is 1.80 bits per heavy atom. The molecule has 0 radical (unpaired) electrons. The van der Waals surface area contributed by atoms with Crippen LogP contribution in [0.3, 0.4) is 0 Å². The van der Waals surface area contributed by atoms with Crippen molar-refractivity contribution in [2.75, 3.05) is 6.61 Å². The molecule has 1 aromatic heterocycles. The molecule has 10 heavy (non-hydrogen) atoms. The third-order valence-corrected chi connectivity index (χ3v) is 3.10. The minimum atomic E-state index is 0.201. The summed E-state index contributed by atoms with van der Waals surface area (Å²) in [5, 5.41) is 12.7. The zero-order valence-corrected chi connectivity index (χ0v) is 8.45. The minimum Gasteiger partial charge on any atom is -0.396 e. The van der Waals surface area contributed by atoms with E-state index in [2.05, 4.69) is 27.1 Å². The largest absolute Gasteiger partial charge is 0.396 e. The van der Waals surface area contributed by atoms with Gasteiger partial charge in [0.05, 0.1) is 6.37 Å². The molecule has 1 atom stereocenters. The van der Waals surface area contributed by atoms with Crippen molar-refractivity contribution >= 4 is 28.4 Å². The van der Waals surface area contributed by atoms with Crippen molar-refractivity contribution in [3.8, 4) is 0 Å². The molecule has 1 aromatic rings. The number of halogens is 1. The summed E-state index contributed by atoms with van der Waals surface area (Å²) in [6, 6.07) is 1.93. The summed E-state index contributed by atoms with van der Waals surface area (Å²) in [5.74, 6) is 0. The van der Waals surface area contributed by atoms with Gasteiger partial charge >= 0.3 is 0 Å². The van der Waals surface area contributed by atoms with Gasteiger partial charge in [-0.3, -0.25) is 0 Å². The van der Waals surface area contributed by atoms with E-state index in [0.717, 1.165) is 5.69 Å². The van der Waals surface area contributed by atoms with E-state index < -0.39 is 0 Å². The molecule has 0 bridgehead atoms. The molecule has 0 saturated heterocycles. The maximum atomic E-state index is 8.62. The number of hydrogen-bond donors (Lipinski definition) is 1. The van der Waals surface area contributed by atoms with Gasteiger partial charge < -0.3 is 5.11 Å². The molecular formula is C5H8IN2OP. The zero-order valence-electron chi connectivity index (χ0n) is 5.29. The lowest BCUT2D eigenvalue weighted by molar-refractivity contribution is 0.297. The maximum absolute atomic E-state index is 8.62. The standard InChI is InChI=1S/C5H8IN2OP/c6-10-8-5(2-4-9)1-3-7-8/h1,3,9-10H,2,4H2. The van der Waals surface area contributed by atoms with Gasteiger partial charge in [-0.15, -0.1) is 0 Å². The van der Waals surface area contributed by atoms with Crippen LogP contribution in [0, 0.1) is 0 Å². The van der Waals surface area contributed by atoms with Crippen LogP contribution in [0.25, 0.3) is 0 Å². The molecule has 0 aromatic carbocycles. The van der Waals surface area contributed by atoms with E-state index >= 15 is 0 Å². The summed E-state index contributed by atoms with van der Waals surface area (Å²) in [4.78, 5) is 0. The van der Waals surface area contributed by atoms with Gasteiger partial charge in [-0.2, -0.15) is 5.10 Å². The molecule has 1 N–H and O–H groups in total. The van der Waals surface area contributed by atoms with Crippen LogP contribution in [0.15, 0.2) is 12.3 Å². The van der Waals surface area contributed by atoms with Gasteiger partial charge in [0.25, 0.3) is 0 Å². The van der Waals surface area contributed by atoms with Crippen LogP contribution >= 0.6 is 28.4 Å². The van der Waals surface area contributed by atoms with E-state index in [-0.39, 0.29) is 6.61 Å². The van der Waals surface area contributed by atoms with Crippen molar-refractivity contribution in [1.29, 1.82) is 0 Å². The fraction of sp³-hybridized carbons (Fsp3) is 0.400. The molecule has 0 fully saturated rings. The van der Waals surface area contributed by atoms with E-state index in [4.69, 9.17) is 5.11 Å². The second-order valence-corrected chi connectivity index (χ2v) is 3.83. The Morgan fingerprint density at radius 3 is 3.20 bits per heavy atom. The van der Waals surface area contributed by atoms with Gasteiger partial charge in [-0.25, -0.2) is 4.45 Å². The van der Waals surface area contributed by atoms with Gasteiger partial charge in [0.15, 0.2) is 0 Å². The number of aliphatic hydroxyl groups excluding tert-OH is 1. The normalized spacial score (nSPS) is 11.4. The highest BCUT2D eigenvalue weighted by molar-refractivity contribution is 14.2. The van der Waals surface area contributed by atoms with Crippen LogP contribution in [0.4, 0.5) is 0 Å². The Morgan fingerprint density at radius 2 is 2.60 bits per heavy atom. The molecule has 0 aliphatic carbocycles. The number of aromatic nitrogens is 2. The Labute approximate surface area is 74.1 Å². The Bertz CT molecular complexity index is 203. The molecule has 3 nitrogen and oxygen atoms in total. The fourth-order valence-corrected chi connectivity index (χ4v) is 2.42. The smallest absolute Gasteiger partial charge is 0.0680 e. The first-order valence-corrected chi connectivity index (χ1v) is 6.95. The molecule has 1 unspecified atom stereocenters. The van der Waals surface area contributed by atoms with Gasteiger partial charge in [0.2, 0.25) is 0 Å². The quantitative estimate of drug-likeness (QED) is 0.662. The van der Waals surface area contributed by atoms with Crippen LogP contribution in [0.5, 0.6) is 0 Å². The number of aliphatic hydroxyl groups is 1. The second-order valence-electron chi connectivity index (χ2n) is 1.79. The summed E-state index contributed by atoms with van der Waals surface area (Å²) in [7, 11) is 0. The molecular weight excluding hydrogens is 262 g/mol. The lowest BCUT2D eigenvalue weighted by Gasteiger charge is -1.99. The van der Waals surface area contributed by atoms with Crippen LogP contribution in [0.1, 0.15) is 5.69 Å². The molecule has 0 spiro atoms. The Kier molecular flexibility index (Phi) is 3.59. The van der Waals surface area contributed by atoms with Crippen LogP contribution in [-0.2, 0) is 6.42 Å². The van der Waals surface area contributed by atoms with Gasteiger partial charge in [-0.05, 0) is 28.1 Å². The van der Waals surface area contributed by atoms with Crippen LogP contribution in [0.2, 0.25) is 0 Å². The average Bonchev–Trinajstić information content (AvgIpc) is 2.36. The predicted octanol–water partition coefficient (Wildman–Crippen LogP) is 1.21. The first-order chi connectivity index (χ1) is 4.88. The Balaban J connectivity index is 2.70. The first-order valence-electron chi connectivity index (χ1n) is 2.89. The van der Waals surface area contributed by atoms with E-state index in [1.807, 2.05) is 10.5 Å². The third-order valence-electron chi connectivity index (χ3n) is 1.17. The number of hydrogen-bond acceptors (Lipinski definition) is 2. The second kappa shape index (κ2) is 4.26. The van der Waals surface area contributed by atoms with E-state index in [0.29, 0.717) is 12.8 Å². The summed E-state index contributed by atoms with van der Waals surface area (Å²) in [5.41, 5.74) is 1.11. The molecule has 1 heterocycles. The lowest BCUT2D eigenvalue weighted by atomic mass is 10.3. The van der Waals surface area contributed by atoms with Crippen molar-refractivity contribution in [2.24, 2.45) is 0 Å². The van der Waals surface area contributed by atoms with E-state index in [1.165, 1.54) is 0 Å². The molecule has 0 saturated carbocycles. The van der Waals surface area contributed by atoms with Crippen LogP contribution < -0.4 is 0 Å². The number of nitrogens with zero attached hydrogens (tertiary/aromatic N) is 2. The van der Waals surface area contributed by atoms with E-state index in [9.17, 15) is 0 Å². The van der Waals surface area contributed by atoms with Gasteiger partial charge in [0, 0.05) is 24.9 Å². The molecule has 56 valence electrons. The molecule has 5 heteroatoms. The van der Waals surface area contributed by atoms with Crippen molar-refractivity contribution in [1.82, 2.24) is 9.55 Å². The number of rotatable bonds is 3. The zero-order chi connectivity index (χ0) is 7.40.